The van der Waals surface area contributed by atoms with Gasteiger partial charge in [-0.3, -0.25) is 0 Å². The molecule has 0 bridgehead atoms. The maximum Gasteiger partial charge on any atom is 0.429 e. The Kier molecular flexibility index (Phi) is 7.95. The van der Waals surface area contributed by atoms with Gasteiger partial charge in [0.15, 0.2) is 17.4 Å². The molecule has 0 radical (unpaired) electrons. The van der Waals surface area contributed by atoms with E-state index in [1.54, 1.807) is 0 Å². The van der Waals surface area contributed by atoms with Gasteiger partial charge in [-0.25, -0.2) is 13.2 Å². The van der Waals surface area contributed by atoms with E-state index in [4.69, 9.17) is 0 Å². The summed E-state index contributed by atoms with van der Waals surface area (Å²) in [6.45, 7) is -1.73. The van der Waals surface area contributed by atoms with Gasteiger partial charge in [0.25, 0.3) is 0 Å². The van der Waals surface area contributed by atoms with Crippen molar-refractivity contribution in [2.45, 2.75) is 38.6 Å². The Morgan fingerprint density at radius 1 is 0.722 bits per heavy atom. The molecule has 0 amide bonds. The molecule has 12 heteroatoms. The molecule has 0 spiro atoms. The maximum absolute atomic E-state index is 14.5. The zero-order valence-electron chi connectivity index (χ0n) is 18.3. The van der Waals surface area contributed by atoms with Crippen LogP contribution in [0.2, 0.25) is 0 Å². The third kappa shape index (κ3) is 6.35. The summed E-state index contributed by atoms with van der Waals surface area (Å²) >= 11 is 0. The first-order valence-corrected chi connectivity index (χ1v) is 10.3. The highest BCUT2D eigenvalue weighted by Gasteiger charge is 2.39. The summed E-state index contributed by atoms with van der Waals surface area (Å²) in [7, 11) is 0. The van der Waals surface area contributed by atoms with Crippen LogP contribution in [-0.2, 0) is 18.6 Å². The number of hydrogen-bond acceptors (Lipinski definition) is 3. The summed E-state index contributed by atoms with van der Waals surface area (Å²) in [6, 6.07) is 6.26. The Labute approximate surface area is 199 Å². The van der Waals surface area contributed by atoms with Crippen molar-refractivity contribution in [1.82, 2.24) is 0 Å². The molecule has 0 aromatic heterocycles. The number of rotatable bonds is 10. The fourth-order valence-electron chi connectivity index (χ4n) is 3.16. The van der Waals surface area contributed by atoms with Crippen LogP contribution in [0.15, 0.2) is 54.6 Å². The van der Waals surface area contributed by atoms with E-state index >= 15 is 0 Å². The maximum atomic E-state index is 14.5. The molecule has 0 atom stereocenters. The summed E-state index contributed by atoms with van der Waals surface area (Å²) in [5, 5.41) is 0. The minimum Gasteiger partial charge on any atom is -0.429 e. The number of ether oxygens (including phenoxy) is 3. The smallest absolute Gasteiger partial charge is 0.429 e. The van der Waals surface area contributed by atoms with Crippen LogP contribution in [0.5, 0.6) is 17.2 Å². The van der Waals surface area contributed by atoms with E-state index in [9.17, 15) is 39.5 Å². The van der Waals surface area contributed by atoms with Crippen LogP contribution in [0, 0.1) is 17.5 Å². The molecule has 3 aromatic carbocycles. The van der Waals surface area contributed by atoms with Crippen LogP contribution in [0.25, 0.3) is 0 Å². The summed E-state index contributed by atoms with van der Waals surface area (Å²) in [5.41, 5.74) is -1.47. The van der Waals surface area contributed by atoms with Crippen LogP contribution < -0.4 is 14.2 Å². The predicted octanol–water partition coefficient (Wildman–Crippen LogP) is 7.91. The van der Waals surface area contributed by atoms with Crippen LogP contribution >= 0.6 is 0 Å². The third-order valence-electron chi connectivity index (χ3n) is 4.75. The van der Waals surface area contributed by atoms with Gasteiger partial charge in [0.2, 0.25) is 0 Å². The van der Waals surface area contributed by atoms with Crippen molar-refractivity contribution in [3.63, 3.8) is 0 Å². The van der Waals surface area contributed by atoms with Gasteiger partial charge in [0.1, 0.15) is 17.3 Å². The van der Waals surface area contributed by atoms with E-state index in [1.165, 1.54) is 6.07 Å². The molecular weight excluding hydrogens is 507 g/mol. The third-order valence-corrected chi connectivity index (χ3v) is 4.75. The van der Waals surface area contributed by atoms with E-state index < -0.39 is 64.7 Å². The van der Waals surface area contributed by atoms with Gasteiger partial charge in [-0.05, 0) is 48.4 Å². The highest BCUT2D eigenvalue weighted by atomic mass is 19.3. The molecule has 0 aliphatic heterocycles. The van der Waals surface area contributed by atoms with Crippen molar-refractivity contribution in [2.75, 3.05) is 0 Å². The topological polar surface area (TPSA) is 27.7 Å². The molecule has 0 heterocycles. The molecule has 0 aliphatic rings. The van der Waals surface area contributed by atoms with Crippen molar-refractivity contribution in [3.05, 3.63) is 88.7 Å². The highest BCUT2D eigenvalue weighted by Crippen LogP contribution is 2.37. The second-order valence-electron chi connectivity index (χ2n) is 7.42. The molecule has 0 saturated heterocycles. The van der Waals surface area contributed by atoms with Crippen molar-refractivity contribution in [3.8, 4) is 17.2 Å². The van der Waals surface area contributed by atoms with Gasteiger partial charge in [-0.2, -0.15) is 26.3 Å². The van der Waals surface area contributed by atoms with Crippen molar-refractivity contribution in [2.24, 2.45) is 0 Å². The van der Waals surface area contributed by atoms with Crippen molar-refractivity contribution >= 4 is 0 Å². The predicted molar refractivity (Wildman–Crippen MR) is 109 cm³/mol. The lowest BCUT2D eigenvalue weighted by atomic mass is 10.1. The van der Waals surface area contributed by atoms with Crippen LogP contribution in [0.1, 0.15) is 30.0 Å². The standard InChI is InChI=1S/C24H17F9O3/c1-2-3-13-4-9-17(18(25)10-13)24(32,33)35-15-7-5-14(6-8-15)23(30,31)36-16-11-19(26)21(20(27)12-16)34-22(28)29/h4-12,22H,2-3H2,1H3. The Bertz CT molecular complexity index is 1170. The lowest BCUT2D eigenvalue weighted by Gasteiger charge is -2.21. The van der Waals surface area contributed by atoms with E-state index in [0.717, 1.165) is 24.3 Å². The van der Waals surface area contributed by atoms with Crippen LogP contribution in [0.4, 0.5) is 39.5 Å². The molecule has 194 valence electrons. The summed E-state index contributed by atoms with van der Waals surface area (Å²) < 4.78 is 136. The normalized spacial score (nSPS) is 12.1. The van der Waals surface area contributed by atoms with Gasteiger partial charge in [0.05, 0.1) is 11.1 Å². The molecule has 3 rings (SSSR count). The summed E-state index contributed by atoms with van der Waals surface area (Å²) in [4.78, 5) is 0. The second kappa shape index (κ2) is 10.6. The number of halogens is 9. The largest absolute Gasteiger partial charge is 0.429 e. The molecular formula is C24H17F9O3. The van der Waals surface area contributed by atoms with Gasteiger partial charge in [-0.15, -0.1) is 0 Å². The van der Waals surface area contributed by atoms with Crippen LogP contribution in [-0.4, -0.2) is 6.61 Å². The first-order chi connectivity index (χ1) is 16.8. The van der Waals surface area contributed by atoms with Crippen molar-refractivity contribution < 1.29 is 53.7 Å². The minimum atomic E-state index is -4.23. The summed E-state index contributed by atoms with van der Waals surface area (Å²) in [6.07, 6.45) is -7.21. The number of hydrogen-bond donors (Lipinski definition) is 0. The SMILES string of the molecule is CCCc1ccc(C(F)(F)Oc2ccc(C(F)(F)Oc3cc(F)c(OC(F)F)c(F)c3)cc2)c(F)c1. The van der Waals surface area contributed by atoms with Gasteiger partial charge < -0.3 is 14.2 Å². The Morgan fingerprint density at radius 2 is 1.31 bits per heavy atom. The number of alkyl halides is 6. The average molecular weight is 524 g/mol. The van der Waals surface area contributed by atoms with Crippen molar-refractivity contribution in [1.29, 1.82) is 0 Å². The fraction of sp³-hybridized carbons (Fsp3) is 0.250. The Hall–Kier alpha value is -3.57. The zero-order chi connectivity index (χ0) is 26.7. The van der Waals surface area contributed by atoms with E-state index in [1.807, 2.05) is 6.92 Å². The lowest BCUT2D eigenvalue weighted by Crippen LogP contribution is -2.24. The van der Waals surface area contributed by atoms with E-state index in [0.29, 0.717) is 30.5 Å². The van der Waals surface area contributed by atoms with Gasteiger partial charge in [-0.1, -0.05) is 19.4 Å². The first kappa shape index (κ1) is 27.0. The van der Waals surface area contributed by atoms with Crippen LogP contribution in [0.3, 0.4) is 0 Å². The number of aryl methyl sites for hydroxylation is 1. The second-order valence-corrected chi connectivity index (χ2v) is 7.42. The van der Waals surface area contributed by atoms with Gasteiger partial charge >= 0.3 is 18.8 Å². The monoisotopic (exact) mass is 524 g/mol. The van der Waals surface area contributed by atoms with E-state index in [-0.39, 0.29) is 12.1 Å². The molecule has 36 heavy (non-hydrogen) atoms. The lowest BCUT2D eigenvalue weighted by molar-refractivity contribution is -0.188. The highest BCUT2D eigenvalue weighted by molar-refractivity contribution is 5.36. The minimum absolute atomic E-state index is 0.201. The molecule has 0 fully saturated rings. The number of benzene rings is 3. The van der Waals surface area contributed by atoms with Gasteiger partial charge in [0, 0.05) is 12.1 Å². The quantitative estimate of drug-likeness (QED) is 0.252. The first-order valence-electron chi connectivity index (χ1n) is 10.3. The Morgan fingerprint density at radius 3 is 1.83 bits per heavy atom. The zero-order valence-corrected chi connectivity index (χ0v) is 18.3. The fourth-order valence-corrected chi connectivity index (χ4v) is 3.16. The molecule has 3 aromatic rings. The molecule has 0 N–H and O–H groups in total. The van der Waals surface area contributed by atoms with E-state index in [2.05, 4.69) is 14.2 Å². The summed E-state index contributed by atoms with van der Waals surface area (Å²) in [5.74, 6) is -7.79. The molecule has 0 saturated carbocycles. The molecule has 0 aliphatic carbocycles. The molecule has 0 unspecified atom stereocenters. The average Bonchev–Trinajstić information content (AvgIpc) is 2.76. The molecule has 3 nitrogen and oxygen atoms in total. The Balaban J connectivity index is 1.75.